The molecule has 0 aromatic heterocycles. The molecule has 0 aliphatic carbocycles. The van der Waals surface area contributed by atoms with Crippen LogP contribution in [0.15, 0.2) is 48.5 Å². The number of amides is 2. The fourth-order valence-corrected chi connectivity index (χ4v) is 2.88. The van der Waals surface area contributed by atoms with Gasteiger partial charge in [0.2, 0.25) is 0 Å². The smallest absolute Gasteiger partial charge is 0.313 e. The van der Waals surface area contributed by atoms with Crippen LogP contribution in [0, 0.1) is 15.9 Å². The Labute approximate surface area is 154 Å². The molecule has 1 fully saturated rings. The molecule has 1 N–H and O–H groups in total. The number of hydrogen-bond donors (Lipinski definition) is 1. The van der Waals surface area contributed by atoms with Gasteiger partial charge in [-0.2, -0.15) is 0 Å². The van der Waals surface area contributed by atoms with Gasteiger partial charge >= 0.3 is 11.8 Å². The molecule has 2 aromatic rings. The summed E-state index contributed by atoms with van der Waals surface area (Å²) in [4.78, 5) is 37.9. The van der Waals surface area contributed by atoms with Crippen molar-refractivity contribution in [2.24, 2.45) is 0 Å². The molecule has 3 rings (SSSR count). The molecule has 27 heavy (non-hydrogen) atoms. The van der Waals surface area contributed by atoms with Crippen molar-refractivity contribution in [3.05, 3.63) is 64.5 Å². The van der Waals surface area contributed by atoms with Gasteiger partial charge in [0.1, 0.15) is 5.82 Å². The molecule has 0 radical (unpaired) electrons. The van der Waals surface area contributed by atoms with E-state index in [1.54, 1.807) is 18.2 Å². The standard InChI is InChI=1S/C18H17FN4O4/c19-15-6-1-2-7-16(15)21-8-10-22(11-9-21)18(25)17(24)20-13-4-3-5-14(12-13)23(26)27/h1-7,12H,8-11H2,(H,20,24). The van der Waals surface area contributed by atoms with Crippen LogP contribution in [0.1, 0.15) is 0 Å². The first kappa shape index (κ1) is 18.3. The van der Waals surface area contributed by atoms with Gasteiger partial charge in [0.25, 0.3) is 5.69 Å². The van der Waals surface area contributed by atoms with E-state index in [0.29, 0.717) is 18.8 Å². The summed E-state index contributed by atoms with van der Waals surface area (Å²) in [5, 5.41) is 13.2. The Morgan fingerprint density at radius 3 is 2.41 bits per heavy atom. The van der Waals surface area contributed by atoms with Crippen LogP contribution in [0.5, 0.6) is 0 Å². The van der Waals surface area contributed by atoms with Crippen LogP contribution < -0.4 is 10.2 Å². The highest BCUT2D eigenvalue weighted by atomic mass is 19.1. The molecule has 1 aliphatic heterocycles. The van der Waals surface area contributed by atoms with E-state index in [-0.39, 0.29) is 30.3 Å². The summed E-state index contributed by atoms with van der Waals surface area (Å²) >= 11 is 0. The predicted octanol–water partition coefficient (Wildman–Crippen LogP) is 2.02. The lowest BCUT2D eigenvalue weighted by Gasteiger charge is -2.35. The van der Waals surface area contributed by atoms with Crippen LogP contribution in [-0.4, -0.2) is 47.8 Å². The van der Waals surface area contributed by atoms with E-state index in [0.717, 1.165) is 0 Å². The molecule has 2 amide bonds. The molecule has 0 bridgehead atoms. The highest BCUT2D eigenvalue weighted by Gasteiger charge is 2.27. The Bertz CT molecular complexity index is 881. The lowest BCUT2D eigenvalue weighted by atomic mass is 10.2. The first-order valence-electron chi connectivity index (χ1n) is 8.30. The molecule has 9 heteroatoms. The van der Waals surface area contributed by atoms with Gasteiger partial charge in [-0.3, -0.25) is 19.7 Å². The normalized spacial score (nSPS) is 14.0. The molecule has 1 saturated heterocycles. The number of rotatable bonds is 3. The lowest BCUT2D eigenvalue weighted by Crippen LogP contribution is -2.51. The molecule has 0 saturated carbocycles. The Morgan fingerprint density at radius 2 is 1.74 bits per heavy atom. The maximum Gasteiger partial charge on any atom is 0.313 e. The van der Waals surface area contributed by atoms with Gasteiger partial charge in [0, 0.05) is 44.0 Å². The quantitative estimate of drug-likeness (QED) is 0.505. The number of nitrogens with zero attached hydrogens (tertiary/aromatic N) is 3. The number of piperazine rings is 1. The van der Waals surface area contributed by atoms with Crippen molar-refractivity contribution in [3.8, 4) is 0 Å². The number of benzene rings is 2. The highest BCUT2D eigenvalue weighted by Crippen LogP contribution is 2.20. The monoisotopic (exact) mass is 372 g/mol. The van der Waals surface area contributed by atoms with Crippen LogP contribution in [0.25, 0.3) is 0 Å². The van der Waals surface area contributed by atoms with Gasteiger partial charge in [-0.25, -0.2) is 4.39 Å². The third kappa shape index (κ3) is 4.20. The number of nitrogens with one attached hydrogen (secondary N) is 1. The third-order valence-electron chi connectivity index (χ3n) is 4.27. The van der Waals surface area contributed by atoms with Crippen LogP contribution in [0.3, 0.4) is 0 Å². The van der Waals surface area contributed by atoms with Gasteiger partial charge in [0.05, 0.1) is 10.6 Å². The highest BCUT2D eigenvalue weighted by molar-refractivity contribution is 6.39. The van der Waals surface area contributed by atoms with Gasteiger partial charge in [-0.05, 0) is 18.2 Å². The van der Waals surface area contributed by atoms with Gasteiger partial charge in [-0.1, -0.05) is 18.2 Å². The van der Waals surface area contributed by atoms with Gasteiger partial charge < -0.3 is 15.1 Å². The lowest BCUT2D eigenvalue weighted by molar-refractivity contribution is -0.384. The van der Waals surface area contributed by atoms with Crippen LogP contribution in [0.2, 0.25) is 0 Å². The van der Waals surface area contributed by atoms with Crippen LogP contribution >= 0.6 is 0 Å². The number of nitro groups is 1. The van der Waals surface area contributed by atoms with E-state index in [4.69, 9.17) is 0 Å². The average molecular weight is 372 g/mol. The minimum absolute atomic E-state index is 0.174. The maximum absolute atomic E-state index is 13.9. The molecule has 140 valence electrons. The van der Waals surface area contributed by atoms with Crippen LogP contribution in [-0.2, 0) is 9.59 Å². The van der Waals surface area contributed by atoms with Crippen LogP contribution in [0.4, 0.5) is 21.5 Å². The molecule has 8 nitrogen and oxygen atoms in total. The Kier molecular flexibility index (Phi) is 5.30. The van der Waals surface area contributed by atoms with E-state index in [9.17, 15) is 24.1 Å². The Balaban J connectivity index is 1.59. The first-order valence-corrected chi connectivity index (χ1v) is 8.30. The van der Waals surface area contributed by atoms with Crippen molar-refractivity contribution in [1.82, 2.24) is 4.90 Å². The molecule has 1 aliphatic rings. The summed E-state index contributed by atoms with van der Waals surface area (Å²) in [6.45, 7) is 1.35. The number of para-hydroxylation sites is 1. The van der Waals surface area contributed by atoms with Gasteiger partial charge in [0.15, 0.2) is 0 Å². The third-order valence-corrected chi connectivity index (χ3v) is 4.27. The summed E-state index contributed by atoms with van der Waals surface area (Å²) in [5.41, 5.74) is 0.455. The second-order valence-corrected chi connectivity index (χ2v) is 5.99. The van der Waals surface area contributed by atoms with Gasteiger partial charge in [-0.15, -0.1) is 0 Å². The number of halogens is 1. The second-order valence-electron chi connectivity index (χ2n) is 5.99. The van der Waals surface area contributed by atoms with Crippen molar-refractivity contribution in [1.29, 1.82) is 0 Å². The number of carbonyl (C=O) groups excluding carboxylic acids is 2. The van der Waals surface area contributed by atoms with Crippen molar-refractivity contribution in [3.63, 3.8) is 0 Å². The number of anilines is 2. The molecule has 0 spiro atoms. The molecule has 1 heterocycles. The fourth-order valence-electron chi connectivity index (χ4n) is 2.88. The summed E-state index contributed by atoms with van der Waals surface area (Å²) < 4.78 is 13.9. The largest absolute Gasteiger partial charge is 0.366 e. The minimum atomic E-state index is -0.866. The molecular weight excluding hydrogens is 355 g/mol. The van der Waals surface area contributed by atoms with E-state index in [1.807, 2.05) is 4.90 Å². The zero-order valence-corrected chi connectivity index (χ0v) is 14.3. The number of nitro benzene ring substituents is 1. The summed E-state index contributed by atoms with van der Waals surface area (Å²) in [7, 11) is 0. The van der Waals surface area contributed by atoms with Crippen molar-refractivity contribution in [2.75, 3.05) is 36.4 Å². The topological polar surface area (TPSA) is 95.8 Å². The number of hydrogen-bond acceptors (Lipinski definition) is 5. The molecule has 2 aromatic carbocycles. The van der Waals surface area contributed by atoms with Crippen molar-refractivity contribution >= 4 is 28.9 Å². The molecular formula is C18H17FN4O4. The average Bonchev–Trinajstić information content (AvgIpc) is 2.68. The Hall–Kier alpha value is -3.49. The number of carbonyl (C=O) groups is 2. The zero-order valence-electron chi connectivity index (χ0n) is 14.3. The van der Waals surface area contributed by atoms with E-state index in [1.165, 1.54) is 35.2 Å². The Morgan fingerprint density at radius 1 is 1.04 bits per heavy atom. The summed E-state index contributed by atoms with van der Waals surface area (Å²) in [6.07, 6.45) is 0. The maximum atomic E-state index is 13.9. The van der Waals surface area contributed by atoms with Crippen molar-refractivity contribution < 1.29 is 18.9 Å². The molecule has 0 atom stereocenters. The minimum Gasteiger partial charge on any atom is -0.366 e. The van der Waals surface area contributed by atoms with E-state index in [2.05, 4.69) is 5.32 Å². The zero-order chi connectivity index (χ0) is 19.4. The predicted molar refractivity (Wildman–Crippen MR) is 96.9 cm³/mol. The van der Waals surface area contributed by atoms with E-state index >= 15 is 0 Å². The molecule has 0 unspecified atom stereocenters. The van der Waals surface area contributed by atoms with Crippen molar-refractivity contribution in [2.45, 2.75) is 0 Å². The fraction of sp³-hybridized carbons (Fsp3) is 0.222. The first-order chi connectivity index (χ1) is 13.0. The summed E-state index contributed by atoms with van der Waals surface area (Å²) in [6, 6.07) is 11.8. The van der Waals surface area contributed by atoms with E-state index < -0.39 is 16.7 Å². The SMILES string of the molecule is O=C(Nc1cccc([N+](=O)[O-])c1)C(=O)N1CCN(c2ccccc2F)CC1. The summed E-state index contributed by atoms with van der Waals surface area (Å²) in [5.74, 6) is -1.93. The second kappa shape index (κ2) is 7.81. The number of non-ortho nitro benzene ring substituents is 1.